The molecule has 0 amide bonds. The standard InChI is InChI=1S/C17H11BrN2O4S/c18-10-5-6-14-12(7-10)13(8-20(14)9-16(21)22)17-11-3-1-2-4-15(11)25(23,24)19-17/h1-8H,9H2,(H,21,22). The molecular formula is C17H11BrN2O4S. The maximum atomic E-state index is 12.3. The van der Waals surface area contributed by atoms with Gasteiger partial charge in [0, 0.05) is 32.7 Å². The normalized spacial score (nSPS) is 15.2. The average Bonchev–Trinajstić information content (AvgIpc) is 3.02. The molecule has 2 aromatic carbocycles. The highest BCUT2D eigenvalue weighted by molar-refractivity contribution is 9.10. The van der Waals surface area contributed by atoms with Gasteiger partial charge in [-0.05, 0) is 24.3 Å². The first-order chi connectivity index (χ1) is 11.9. The zero-order valence-electron chi connectivity index (χ0n) is 12.7. The molecule has 0 atom stereocenters. The van der Waals surface area contributed by atoms with Gasteiger partial charge in [0.05, 0.1) is 10.6 Å². The molecule has 8 heteroatoms. The first-order valence-corrected chi connectivity index (χ1v) is 9.55. The van der Waals surface area contributed by atoms with Crippen molar-refractivity contribution in [3.63, 3.8) is 0 Å². The van der Waals surface area contributed by atoms with Crippen molar-refractivity contribution in [1.82, 2.24) is 4.57 Å². The minimum atomic E-state index is -3.74. The molecule has 0 radical (unpaired) electrons. The molecule has 1 aromatic heterocycles. The third-order valence-electron chi connectivity index (χ3n) is 4.04. The number of hydrogen-bond donors (Lipinski definition) is 1. The summed E-state index contributed by atoms with van der Waals surface area (Å²) in [7, 11) is -3.74. The highest BCUT2D eigenvalue weighted by Crippen LogP contribution is 2.33. The van der Waals surface area contributed by atoms with Crippen LogP contribution in [0.4, 0.5) is 0 Å². The highest BCUT2D eigenvalue weighted by Gasteiger charge is 2.30. The van der Waals surface area contributed by atoms with Gasteiger partial charge in [-0.1, -0.05) is 34.1 Å². The monoisotopic (exact) mass is 418 g/mol. The summed E-state index contributed by atoms with van der Waals surface area (Å²) < 4.78 is 31.0. The summed E-state index contributed by atoms with van der Waals surface area (Å²) in [6.45, 7) is -0.222. The van der Waals surface area contributed by atoms with Crippen molar-refractivity contribution >= 4 is 48.5 Å². The fourth-order valence-electron chi connectivity index (χ4n) is 3.03. The quantitative estimate of drug-likeness (QED) is 0.707. The lowest BCUT2D eigenvalue weighted by molar-refractivity contribution is -0.137. The number of halogens is 1. The van der Waals surface area contributed by atoms with Crippen LogP contribution < -0.4 is 0 Å². The summed E-state index contributed by atoms with van der Waals surface area (Å²) in [5.41, 5.74) is 2.15. The number of aromatic nitrogens is 1. The van der Waals surface area contributed by atoms with Crippen molar-refractivity contribution in [2.45, 2.75) is 11.4 Å². The fraction of sp³-hybridized carbons (Fsp3) is 0.0588. The van der Waals surface area contributed by atoms with Crippen molar-refractivity contribution < 1.29 is 18.3 Å². The van der Waals surface area contributed by atoms with E-state index in [1.165, 1.54) is 6.07 Å². The highest BCUT2D eigenvalue weighted by atomic mass is 79.9. The molecule has 1 N–H and O–H groups in total. The molecule has 6 nitrogen and oxygen atoms in total. The Labute approximate surface area is 151 Å². The van der Waals surface area contributed by atoms with Gasteiger partial charge in [-0.15, -0.1) is 0 Å². The van der Waals surface area contributed by atoms with Gasteiger partial charge in [0.1, 0.15) is 6.54 Å². The lowest BCUT2D eigenvalue weighted by Gasteiger charge is -2.01. The largest absolute Gasteiger partial charge is 0.480 e. The van der Waals surface area contributed by atoms with Gasteiger partial charge in [-0.2, -0.15) is 12.8 Å². The second-order valence-electron chi connectivity index (χ2n) is 5.64. The number of sulfonamides is 1. The molecule has 126 valence electrons. The molecule has 0 saturated carbocycles. The third-order valence-corrected chi connectivity index (χ3v) is 5.86. The third kappa shape index (κ3) is 2.58. The van der Waals surface area contributed by atoms with Crippen molar-refractivity contribution in [3.05, 3.63) is 64.3 Å². The second-order valence-corrected chi connectivity index (χ2v) is 8.13. The molecule has 25 heavy (non-hydrogen) atoms. The van der Waals surface area contributed by atoms with E-state index in [9.17, 15) is 13.2 Å². The van der Waals surface area contributed by atoms with E-state index in [0.29, 0.717) is 22.4 Å². The second kappa shape index (κ2) is 5.53. The Bertz CT molecular complexity index is 1180. The SMILES string of the molecule is O=C(O)Cn1cc(C2=NS(=O)(=O)c3ccccc32)c2cc(Br)ccc21. The maximum Gasteiger partial charge on any atom is 0.323 e. The molecular weight excluding hydrogens is 408 g/mol. The van der Waals surface area contributed by atoms with Crippen LogP contribution >= 0.6 is 15.9 Å². The number of benzene rings is 2. The van der Waals surface area contributed by atoms with E-state index in [4.69, 9.17) is 5.11 Å². The molecule has 1 aliphatic heterocycles. The molecule has 0 aliphatic carbocycles. The zero-order valence-corrected chi connectivity index (χ0v) is 15.1. The van der Waals surface area contributed by atoms with E-state index >= 15 is 0 Å². The summed E-state index contributed by atoms with van der Waals surface area (Å²) in [4.78, 5) is 11.3. The number of rotatable bonds is 3. The van der Waals surface area contributed by atoms with Gasteiger partial charge in [0.2, 0.25) is 0 Å². The van der Waals surface area contributed by atoms with E-state index in [1.807, 2.05) is 12.1 Å². The first kappa shape index (κ1) is 16.0. The van der Waals surface area contributed by atoms with Gasteiger partial charge >= 0.3 is 5.97 Å². The van der Waals surface area contributed by atoms with Gasteiger partial charge in [0.15, 0.2) is 0 Å². The minimum absolute atomic E-state index is 0.166. The Morgan fingerprint density at radius 3 is 2.68 bits per heavy atom. The van der Waals surface area contributed by atoms with Crippen LogP contribution in [0.25, 0.3) is 10.9 Å². The number of carbonyl (C=O) groups is 1. The lowest BCUT2D eigenvalue weighted by atomic mass is 10.0. The number of fused-ring (bicyclic) bond motifs is 2. The summed E-state index contributed by atoms with van der Waals surface area (Å²) >= 11 is 3.41. The van der Waals surface area contributed by atoms with Gasteiger partial charge in [-0.3, -0.25) is 4.79 Å². The Kier molecular flexibility index (Phi) is 3.55. The Morgan fingerprint density at radius 1 is 1.16 bits per heavy atom. The van der Waals surface area contributed by atoms with E-state index < -0.39 is 16.0 Å². The molecule has 4 rings (SSSR count). The van der Waals surface area contributed by atoms with Crippen LogP contribution in [0, 0.1) is 0 Å². The summed E-state index contributed by atoms with van der Waals surface area (Å²) in [5.74, 6) is -0.979. The topological polar surface area (TPSA) is 88.7 Å². The van der Waals surface area contributed by atoms with Crippen LogP contribution in [0.2, 0.25) is 0 Å². The van der Waals surface area contributed by atoms with E-state index in [1.54, 1.807) is 35.0 Å². The Hall–Kier alpha value is -2.45. The lowest BCUT2D eigenvalue weighted by Crippen LogP contribution is -2.07. The molecule has 0 bridgehead atoms. The average molecular weight is 419 g/mol. The molecule has 3 aromatic rings. The summed E-state index contributed by atoms with van der Waals surface area (Å²) in [6.07, 6.45) is 1.64. The zero-order chi connectivity index (χ0) is 17.8. The Balaban J connectivity index is 2.02. The van der Waals surface area contributed by atoms with E-state index in [-0.39, 0.29) is 11.4 Å². The van der Waals surface area contributed by atoms with Crippen LogP contribution in [0.5, 0.6) is 0 Å². The van der Waals surface area contributed by atoms with Crippen molar-refractivity contribution in [2.75, 3.05) is 0 Å². The predicted molar refractivity (Wildman–Crippen MR) is 96.5 cm³/mol. The minimum Gasteiger partial charge on any atom is -0.480 e. The number of nitrogens with zero attached hydrogens (tertiary/aromatic N) is 2. The van der Waals surface area contributed by atoms with Gasteiger partial charge in [0.25, 0.3) is 10.0 Å². The van der Waals surface area contributed by atoms with Gasteiger partial charge < -0.3 is 9.67 Å². The molecule has 1 aliphatic rings. The predicted octanol–water partition coefficient (Wildman–Crippen LogP) is 3.03. The van der Waals surface area contributed by atoms with E-state index in [2.05, 4.69) is 20.3 Å². The van der Waals surface area contributed by atoms with Gasteiger partial charge in [-0.25, -0.2) is 0 Å². The first-order valence-electron chi connectivity index (χ1n) is 7.32. The molecule has 0 saturated heterocycles. The van der Waals surface area contributed by atoms with Crippen LogP contribution in [-0.4, -0.2) is 29.8 Å². The molecule has 2 heterocycles. The number of carboxylic acids is 1. The smallest absolute Gasteiger partial charge is 0.323 e. The summed E-state index contributed by atoms with van der Waals surface area (Å²) in [5, 5.41) is 9.88. The Morgan fingerprint density at radius 2 is 1.92 bits per heavy atom. The number of aliphatic carboxylic acids is 1. The molecule has 0 unspecified atom stereocenters. The van der Waals surface area contributed by atoms with Crippen LogP contribution in [0.15, 0.2) is 62.4 Å². The summed E-state index contributed by atoms with van der Waals surface area (Å²) in [6, 6.07) is 12.1. The maximum absolute atomic E-state index is 12.3. The van der Waals surface area contributed by atoms with Crippen LogP contribution in [0.3, 0.4) is 0 Å². The molecule has 0 spiro atoms. The van der Waals surface area contributed by atoms with Crippen molar-refractivity contribution in [1.29, 1.82) is 0 Å². The fourth-order valence-corrected chi connectivity index (χ4v) is 4.62. The van der Waals surface area contributed by atoms with Crippen molar-refractivity contribution in [3.8, 4) is 0 Å². The number of carboxylic acid groups (broad SMARTS) is 1. The van der Waals surface area contributed by atoms with E-state index in [0.717, 1.165) is 9.86 Å². The van der Waals surface area contributed by atoms with Crippen molar-refractivity contribution in [2.24, 2.45) is 4.40 Å². The van der Waals surface area contributed by atoms with Crippen LogP contribution in [0.1, 0.15) is 11.1 Å². The van der Waals surface area contributed by atoms with Crippen LogP contribution in [-0.2, 0) is 21.4 Å². The molecule has 0 fully saturated rings. The number of hydrogen-bond acceptors (Lipinski definition) is 3.